The number of benzene rings is 3. The van der Waals surface area contributed by atoms with Crippen LogP contribution in [0.15, 0.2) is 72.9 Å². The molecular weight excluding hydrogens is 697 g/mol. The first-order valence-electron chi connectivity index (χ1n) is 18.1. The molecule has 0 radical (unpaired) electrons. The number of hydrogen-bond acceptors (Lipinski definition) is 12. The second kappa shape index (κ2) is 15.3. The maximum absolute atomic E-state index is 16.9. The normalized spacial score (nSPS) is 16.6. The number of hydroxylamine groups is 2. The Kier molecular flexibility index (Phi) is 10.0. The lowest BCUT2D eigenvalue weighted by atomic mass is 9.95. The van der Waals surface area contributed by atoms with E-state index in [1.807, 2.05) is 60.7 Å². The van der Waals surface area contributed by atoms with Crippen molar-refractivity contribution in [1.29, 1.82) is 0 Å². The number of imide groups is 1. The molecule has 5 heterocycles. The third kappa shape index (κ3) is 7.14. The number of halogens is 1. The van der Waals surface area contributed by atoms with Gasteiger partial charge in [-0.2, -0.15) is 9.97 Å². The zero-order valence-electron chi connectivity index (χ0n) is 29.5. The molecule has 0 saturated carbocycles. The number of nitrogens with zero attached hydrogens (tertiary/aromatic N) is 5. The molecule has 3 saturated heterocycles. The Balaban J connectivity index is 1.05. The molecule has 14 heteroatoms. The first kappa shape index (κ1) is 35.3. The molecule has 0 N–H and O–H groups in total. The molecule has 278 valence electrons. The van der Waals surface area contributed by atoms with Crippen LogP contribution < -0.4 is 9.47 Å². The summed E-state index contributed by atoms with van der Waals surface area (Å²) in [5.41, 5.74) is 2.27. The molecule has 2 aromatic heterocycles. The van der Waals surface area contributed by atoms with E-state index in [1.165, 1.54) is 6.20 Å². The average Bonchev–Trinajstić information content (AvgIpc) is 3.87. The highest BCUT2D eigenvalue weighted by Gasteiger charge is 2.45. The van der Waals surface area contributed by atoms with E-state index < -0.39 is 23.8 Å². The number of ether oxygens (including phenoxy) is 4. The van der Waals surface area contributed by atoms with Crippen LogP contribution in [-0.2, 0) is 37.1 Å². The van der Waals surface area contributed by atoms with Gasteiger partial charge in [-0.3, -0.25) is 24.3 Å². The molecule has 0 atom stereocenters. The highest BCUT2D eigenvalue weighted by Crippen LogP contribution is 2.40. The maximum Gasteiger partial charge on any atom is 0.534 e. The van der Waals surface area contributed by atoms with Crippen LogP contribution in [0.4, 0.5) is 9.18 Å². The molecule has 3 aliphatic rings. The summed E-state index contributed by atoms with van der Waals surface area (Å²) in [5, 5.41) is 2.30. The van der Waals surface area contributed by atoms with E-state index in [0.717, 1.165) is 60.7 Å². The van der Waals surface area contributed by atoms with Gasteiger partial charge in [0, 0.05) is 24.6 Å². The number of amides is 2. The maximum atomic E-state index is 16.9. The first-order valence-corrected chi connectivity index (χ1v) is 18.1. The third-order valence-corrected chi connectivity index (χ3v) is 10.3. The fourth-order valence-electron chi connectivity index (χ4n) is 7.62. The second-order valence-corrected chi connectivity index (χ2v) is 13.6. The van der Waals surface area contributed by atoms with Crippen molar-refractivity contribution in [1.82, 2.24) is 24.9 Å². The zero-order valence-corrected chi connectivity index (χ0v) is 29.5. The number of pyridine rings is 1. The van der Waals surface area contributed by atoms with E-state index in [1.54, 1.807) is 6.07 Å². The summed E-state index contributed by atoms with van der Waals surface area (Å²) >= 11 is 0. The molecule has 3 fully saturated rings. The SMILES string of the molecule is O=C(OCCOCc1cccc2cccc(-c3ncc4c(OCc5ccccc5)nc(OCC56CCCN5CCC6)nc4c3F)c12)ON1C(=O)CCC1=O. The van der Waals surface area contributed by atoms with Gasteiger partial charge in [0.2, 0.25) is 5.88 Å². The Hall–Kier alpha value is -5.73. The van der Waals surface area contributed by atoms with Crippen molar-refractivity contribution in [3.8, 4) is 23.1 Å². The zero-order chi connectivity index (χ0) is 37.1. The lowest BCUT2D eigenvalue weighted by molar-refractivity contribution is -0.177. The summed E-state index contributed by atoms with van der Waals surface area (Å²) in [6.07, 6.45) is 4.61. The predicted octanol–water partition coefficient (Wildman–Crippen LogP) is 6.30. The third-order valence-electron chi connectivity index (χ3n) is 10.3. The highest BCUT2D eigenvalue weighted by molar-refractivity contribution is 6.01. The average molecular weight is 736 g/mol. The topological polar surface area (TPSA) is 143 Å². The summed E-state index contributed by atoms with van der Waals surface area (Å²) in [4.78, 5) is 56.4. The second-order valence-electron chi connectivity index (χ2n) is 13.6. The highest BCUT2D eigenvalue weighted by atomic mass is 19.1. The van der Waals surface area contributed by atoms with Gasteiger partial charge in [-0.1, -0.05) is 71.8 Å². The molecule has 13 nitrogen and oxygen atoms in total. The minimum Gasteiger partial charge on any atom is -0.472 e. The summed E-state index contributed by atoms with van der Waals surface area (Å²) in [5.74, 6) is -1.67. The molecule has 0 unspecified atom stereocenters. The van der Waals surface area contributed by atoms with Crippen LogP contribution in [0.25, 0.3) is 32.9 Å². The fourth-order valence-corrected chi connectivity index (χ4v) is 7.62. The van der Waals surface area contributed by atoms with E-state index in [2.05, 4.69) is 19.9 Å². The van der Waals surface area contributed by atoms with Gasteiger partial charge in [-0.05, 0) is 60.7 Å². The van der Waals surface area contributed by atoms with E-state index in [9.17, 15) is 14.4 Å². The molecule has 5 aromatic rings. The molecule has 3 aromatic carbocycles. The van der Waals surface area contributed by atoms with Gasteiger partial charge in [0.15, 0.2) is 5.82 Å². The monoisotopic (exact) mass is 735 g/mol. The molecule has 0 spiro atoms. The van der Waals surface area contributed by atoms with E-state index in [-0.39, 0.29) is 67.9 Å². The van der Waals surface area contributed by atoms with Crippen LogP contribution in [0, 0.1) is 5.82 Å². The molecule has 0 bridgehead atoms. The van der Waals surface area contributed by atoms with Gasteiger partial charge >= 0.3 is 12.2 Å². The van der Waals surface area contributed by atoms with Crippen LogP contribution in [0.5, 0.6) is 11.9 Å². The number of rotatable bonds is 13. The number of fused-ring (bicyclic) bond motifs is 3. The van der Waals surface area contributed by atoms with Crippen molar-refractivity contribution in [2.24, 2.45) is 0 Å². The van der Waals surface area contributed by atoms with Crippen LogP contribution in [0.3, 0.4) is 0 Å². The minimum atomic E-state index is -1.18. The van der Waals surface area contributed by atoms with Crippen LogP contribution in [0.1, 0.15) is 49.7 Å². The lowest BCUT2D eigenvalue weighted by Gasteiger charge is -2.31. The molecule has 2 amide bonds. The van der Waals surface area contributed by atoms with Gasteiger partial charge in [0.25, 0.3) is 11.8 Å². The Labute approximate surface area is 309 Å². The van der Waals surface area contributed by atoms with Crippen molar-refractivity contribution in [2.45, 2.75) is 57.3 Å². The molecule has 54 heavy (non-hydrogen) atoms. The van der Waals surface area contributed by atoms with Gasteiger partial charge in [0.05, 0.1) is 24.1 Å². The Morgan fingerprint density at radius 2 is 1.61 bits per heavy atom. The Bertz CT molecular complexity index is 2190. The van der Waals surface area contributed by atoms with E-state index in [4.69, 9.17) is 23.8 Å². The molecule has 8 rings (SSSR count). The van der Waals surface area contributed by atoms with Crippen LogP contribution in [-0.4, -0.2) is 81.3 Å². The minimum absolute atomic E-state index is 0.0113. The smallest absolute Gasteiger partial charge is 0.472 e. The van der Waals surface area contributed by atoms with Crippen LogP contribution >= 0.6 is 0 Å². The van der Waals surface area contributed by atoms with E-state index in [0.29, 0.717) is 22.6 Å². The summed E-state index contributed by atoms with van der Waals surface area (Å²) in [6, 6.07) is 20.9. The molecular formula is C40H38FN5O8. The first-order chi connectivity index (χ1) is 26.4. The van der Waals surface area contributed by atoms with Crippen molar-refractivity contribution < 1.29 is 42.6 Å². The number of hydrogen-bond donors (Lipinski definition) is 0. The predicted molar refractivity (Wildman–Crippen MR) is 192 cm³/mol. The largest absolute Gasteiger partial charge is 0.534 e. The lowest BCUT2D eigenvalue weighted by Crippen LogP contribution is -2.43. The Morgan fingerprint density at radius 3 is 2.39 bits per heavy atom. The molecule has 3 aliphatic heterocycles. The van der Waals surface area contributed by atoms with Gasteiger partial charge in [0.1, 0.15) is 31.0 Å². The van der Waals surface area contributed by atoms with Gasteiger partial charge in [-0.15, -0.1) is 0 Å². The van der Waals surface area contributed by atoms with Crippen molar-refractivity contribution in [2.75, 3.05) is 32.9 Å². The van der Waals surface area contributed by atoms with Gasteiger partial charge in [-0.25, -0.2) is 9.18 Å². The quantitative estimate of drug-likeness (QED) is 0.0761. The van der Waals surface area contributed by atoms with Crippen molar-refractivity contribution >= 4 is 39.6 Å². The van der Waals surface area contributed by atoms with Crippen molar-refractivity contribution in [3.63, 3.8) is 0 Å². The Morgan fingerprint density at radius 1 is 0.852 bits per heavy atom. The van der Waals surface area contributed by atoms with Crippen LogP contribution in [0.2, 0.25) is 0 Å². The number of carbonyl (C=O) groups excluding carboxylic acids is 3. The number of carbonyl (C=O) groups is 3. The van der Waals surface area contributed by atoms with Crippen molar-refractivity contribution in [3.05, 3.63) is 89.9 Å². The standard InChI is InChI=1S/C40H38FN5O8/c41-34-35(29-13-5-11-27-10-4-12-28(33(27)29)24-50-20-21-51-39(49)54-46-31(47)14-15-32(46)48)42-22-30-36(34)43-38(44-37(30)52-23-26-8-2-1-3-9-26)53-25-40-16-6-18-45(40)19-7-17-40/h1-5,8-13,22H,6-7,14-21,23-25H2. The molecule has 0 aliphatic carbocycles. The summed E-state index contributed by atoms with van der Waals surface area (Å²) in [6.45, 7) is 2.61. The number of aromatic nitrogens is 3. The fraction of sp³-hybridized carbons (Fsp3) is 0.350. The van der Waals surface area contributed by atoms with E-state index >= 15 is 4.39 Å². The summed E-state index contributed by atoms with van der Waals surface area (Å²) < 4.78 is 40.2. The van der Waals surface area contributed by atoms with Gasteiger partial charge < -0.3 is 18.9 Å². The summed E-state index contributed by atoms with van der Waals surface area (Å²) in [7, 11) is 0.